The molecule has 1 aliphatic rings. The van der Waals surface area contributed by atoms with Gasteiger partial charge in [-0.25, -0.2) is 0 Å². The maximum absolute atomic E-state index is 10.6. The lowest BCUT2D eigenvalue weighted by Crippen LogP contribution is -2.39. The average molecular weight is 234 g/mol. The number of rotatable bonds is 4. The molecule has 0 saturated carbocycles. The first-order valence-electron chi connectivity index (χ1n) is 5.54. The van der Waals surface area contributed by atoms with Gasteiger partial charge in [0, 0.05) is 37.0 Å². The summed E-state index contributed by atoms with van der Waals surface area (Å²) >= 11 is 0. The molecular weight excluding hydrogens is 220 g/mol. The highest BCUT2D eigenvalue weighted by Gasteiger charge is 2.19. The Morgan fingerprint density at radius 2 is 2.18 bits per heavy atom. The first-order valence-corrected chi connectivity index (χ1v) is 5.54. The molecule has 0 saturated heterocycles. The molecule has 2 rings (SSSR count). The Kier molecular flexibility index (Phi) is 3.64. The molecule has 0 unspecified atom stereocenters. The molecule has 0 fully saturated rings. The third-order valence-corrected chi connectivity index (χ3v) is 2.64. The van der Waals surface area contributed by atoms with E-state index in [1.807, 2.05) is 17.0 Å². The largest absolute Gasteiger partial charge is 0.350 e. The Morgan fingerprint density at radius 1 is 1.41 bits per heavy atom. The molecule has 0 amide bonds. The predicted octanol–water partition coefficient (Wildman–Crippen LogP) is 0.962. The van der Waals surface area contributed by atoms with E-state index < -0.39 is 0 Å². The summed E-state index contributed by atoms with van der Waals surface area (Å²) in [4.78, 5) is 20.4. The van der Waals surface area contributed by atoms with E-state index in [9.17, 15) is 10.1 Å². The molecule has 6 nitrogen and oxygen atoms in total. The van der Waals surface area contributed by atoms with Crippen LogP contribution in [-0.2, 0) is 6.54 Å². The number of amidine groups is 1. The highest BCUT2D eigenvalue weighted by molar-refractivity contribution is 5.83. The van der Waals surface area contributed by atoms with Crippen LogP contribution in [0.4, 0.5) is 0 Å². The van der Waals surface area contributed by atoms with Crippen molar-refractivity contribution in [3.63, 3.8) is 0 Å². The van der Waals surface area contributed by atoms with Crippen LogP contribution in [0.25, 0.3) is 0 Å². The maximum Gasteiger partial charge on any atom is 0.260 e. The summed E-state index contributed by atoms with van der Waals surface area (Å²) in [5.74, 6) is 0.582. The van der Waals surface area contributed by atoms with E-state index in [2.05, 4.69) is 9.98 Å². The van der Waals surface area contributed by atoms with Crippen molar-refractivity contribution in [2.45, 2.75) is 13.0 Å². The van der Waals surface area contributed by atoms with E-state index in [0.717, 1.165) is 18.5 Å². The van der Waals surface area contributed by atoms with Gasteiger partial charge in [-0.1, -0.05) is 0 Å². The molecule has 1 aromatic rings. The maximum atomic E-state index is 10.6. The molecule has 0 N–H and O–H groups in total. The molecule has 0 aliphatic carbocycles. The molecule has 1 aliphatic heterocycles. The molecule has 17 heavy (non-hydrogen) atoms. The first-order chi connectivity index (χ1) is 8.25. The number of pyridine rings is 1. The standard InChI is InChI=1S/C11H14N4O2/c16-15(17)9-11-13-4-1-7-14(11)8-10-2-5-12-6-3-10/h2-3,5-6H,1,4,7-9H2. The first kappa shape index (κ1) is 11.5. The van der Waals surface area contributed by atoms with Crippen molar-refractivity contribution in [2.24, 2.45) is 4.99 Å². The minimum absolute atomic E-state index is 0.189. The number of nitro groups is 1. The second-order valence-corrected chi connectivity index (χ2v) is 3.92. The van der Waals surface area contributed by atoms with Crippen molar-refractivity contribution in [3.05, 3.63) is 40.2 Å². The zero-order chi connectivity index (χ0) is 12.1. The third-order valence-electron chi connectivity index (χ3n) is 2.64. The SMILES string of the molecule is O=[N+]([O-])CC1=NCCCN1Cc1ccncc1. The fourth-order valence-electron chi connectivity index (χ4n) is 1.84. The van der Waals surface area contributed by atoms with Gasteiger partial charge in [-0.2, -0.15) is 0 Å². The van der Waals surface area contributed by atoms with Gasteiger partial charge in [0.05, 0.1) is 0 Å². The Bertz CT molecular complexity index is 419. The van der Waals surface area contributed by atoms with Crippen molar-refractivity contribution in [1.29, 1.82) is 0 Å². The quantitative estimate of drug-likeness (QED) is 0.574. The third kappa shape index (κ3) is 3.24. The van der Waals surface area contributed by atoms with Crippen LogP contribution in [0.5, 0.6) is 0 Å². The van der Waals surface area contributed by atoms with Gasteiger partial charge < -0.3 is 4.90 Å². The van der Waals surface area contributed by atoms with Gasteiger partial charge in [0.25, 0.3) is 6.54 Å². The smallest absolute Gasteiger partial charge is 0.260 e. The lowest BCUT2D eigenvalue weighted by molar-refractivity contribution is -0.464. The summed E-state index contributed by atoms with van der Waals surface area (Å²) in [6, 6.07) is 3.83. The number of aromatic nitrogens is 1. The highest BCUT2D eigenvalue weighted by atomic mass is 16.6. The van der Waals surface area contributed by atoms with Crippen LogP contribution in [-0.4, -0.2) is 40.3 Å². The van der Waals surface area contributed by atoms with Crippen LogP contribution in [0, 0.1) is 10.1 Å². The summed E-state index contributed by atoms with van der Waals surface area (Å²) < 4.78 is 0. The molecule has 6 heteroatoms. The van der Waals surface area contributed by atoms with E-state index in [4.69, 9.17) is 0 Å². The fourth-order valence-corrected chi connectivity index (χ4v) is 1.84. The van der Waals surface area contributed by atoms with Gasteiger partial charge in [-0.3, -0.25) is 20.1 Å². The molecule has 0 aromatic carbocycles. The Morgan fingerprint density at radius 3 is 2.88 bits per heavy atom. The normalized spacial score (nSPS) is 15.5. The van der Waals surface area contributed by atoms with E-state index in [-0.39, 0.29) is 11.5 Å². The van der Waals surface area contributed by atoms with E-state index in [1.165, 1.54) is 0 Å². The van der Waals surface area contributed by atoms with Crippen molar-refractivity contribution in [1.82, 2.24) is 9.88 Å². The lowest BCUT2D eigenvalue weighted by Gasteiger charge is -2.27. The van der Waals surface area contributed by atoms with Crippen molar-refractivity contribution in [3.8, 4) is 0 Å². The predicted molar refractivity (Wildman–Crippen MR) is 63.4 cm³/mol. The van der Waals surface area contributed by atoms with Gasteiger partial charge >= 0.3 is 0 Å². The molecule has 0 bridgehead atoms. The van der Waals surface area contributed by atoms with E-state index >= 15 is 0 Å². The van der Waals surface area contributed by atoms with E-state index in [0.29, 0.717) is 18.9 Å². The zero-order valence-corrected chi connectivity index (χ0v) is 9.45. The van der Waals surface area contributed by atoms with Gasteiger partial charge in [-0.15, -0.1) is 0 Å². The van der Waals surface area contributed by atoms with Crippen LogP contribution >= 0.6 is 0 Å². The Hall–Kier alpha value is -1.98. The number of aliphatic imine (C=N–C) groups is 1. The molecule has 0 radical (unpaired) electrons. The van der Waals surface area contributed by atoms with Gasteiger partial charge in [-0.05, 0) is 24.1 Å². The van der Waals surface area contributed by atoms with Crippen LogP contribution in [0.2, 0.25) is 0 Å². The van der Waals surface area contributed by atoms with Crippen LogP contribution in [0.15, 0.2) is 29.5 Å². The minimum Gasteiger partial charge on any atom is -0.350 e. The number of nitrogens with zero attached hydrogens (tertiary/aromatic N) is 4. The molecule has 0 atom stereocenters. The van der Waals surface area contributed by atoms with Crippen LogP contribution in [0.1, 0.15) is 12.0 Å². The minimum atomic E-state index is -0.330. The zero-order valence-electron chi connectivity index (χ0n) is 9.45. The highest BCUT2D eigenvalue weighted by Crippen LogP contribution is 2.09. The van der Waals surface area contributed by atoms with Crippen molar-refractivity contribution < 1.29 is 4.92 Å². The Labute approximate surface area is 99.1 Å². The monoisotopic (exact) mass is 234 g/mol. The molecule has 0 spiro atoms. The summed E-state index contributed by atoms with van der Waals surface area (Å²) in [5, 5.41) is 10.6. The molecule has 1 aromatic heterocycles. The van der Waals surface area contributed by atoms with Crippen molar-refractivity contribution in [2.75, 3.05) is 19.6 Å². The molecular formula is C11H14N4O2. The summed E-state index contributed by atoms with van der Waals surface area (Å²) in [6.07, 6.45) is 4.40. The van der Waals surface area contributed by atoms with Crippen molar-refractivity contribution >= 4 is 5.84 Å². The van der Waals surface area contributed by atoms with Crippen LogP contribution in [0.3, 0.4) is 0 Å². The van der Waals surface area contributed by atoms with Gasteiger partial charge in [0.1, 0.15) is 0 Å². The number of hydrogen-bond acceptors (Lipinski definition) is 5. The summed E-state index contributed by atoms with van der Waals surface area (Å²) in [7, 11) is 0. The van der Waals surface area contributed by atoms with Crippen LogP contribution < -0.4 is 0 Å². The summed E-state index contributed by atoms with van der Waals surface area (Å²) in [5.41, 5.74) is 1.10. The number of hydrogen-bond donors (Lipinski definition) is 0. The second kappa shape index (κ2) is 5.38. The molecule has 90 valence electrons. The second-order valence-electron chi connectivity index (χ2n) is 3.92. The fraction of sp³-hybridized carbons (Fsp3) is 0.455. The topological polar surface area (TPSA) is 71.6 Å². The lowest BCUT2D eigenvalue weighted by atomic mass is 10.2. The van der Waals surface area contributed by atoms with E-state index in [1.54, 1.807) is 12.4 Å². The average Bonchev–Trinajstić information content (AvgIpc) is 2.32. The molecule has 2 heterocycles. The van der Waals surface area contributed by atoms with Gasteiger partial charge in [0.15, 0.2) is 5.84 Å². The Balaban J connectivity index is 2.06. The van der Waals surface area contributed by atoms with Gasteiger partial charge in [0.2, 0.25) is 0 Å². The summed E-state index contributed by atoms with van der Waals surface area (Å²) in [6.45, 7) is 1.99.